The number of anilines is 1. The van der Waals surface area contributed by atoms with Crippen LogP contribution >= 0.6 is 11.3 Å². The van der Waals surface area contributed by atoms with Crippen LogP contribution in [0.15, 0.2) is 52.9 Å². The summed E-state index contributed by atoms with van der Waals surface area (Å²) in [5.74, 6) is 0.882. The molecule has 4 heterocycles. The molecule has 0 radical (unpaired) electrons. The second-order valence-corrected chi connectivity index (χ2v) is 11.3. The third-order valence-electron chi connectivity index (χ3n) is 6.58. The topological polar surface area (TPSA) is 86.8 Å². The standard InChI is InChI=1S/C26H30N6OS/c1-25(2)12-17(13-26(3,4)31-25)32(5)21-10-9-20(29-30-21)19-8-7-18(23-24(19)34-15-28-23)16-6-11-22(33)27-14-16/h6-11,14-15,17,31H,12-13H2,1-5H3,(H,27,33). The van der Waals surface area contributed by atoms with Gasteiger partial charge in [0.15, 0.2) is 5.82 Å². The van der Waals surface area contributed by atoms with Crippen molar-refractivity contribution in [2.75, 3.05) is 11.9 Å². The quantitative estimate of drug-likeness (QED) is 0.440. The van der Waals surface area contributed by atoms with Crippen LogP contribution in [0, 0.1) is 0 Å². The van der Waals surface area contributed by atoms with E-state index in [4.69, 9.17) is 0 Å². The van der Waals surface area contributed by atoms with E-state index in [1.165, 1.54) is 6.07 Å². The molecular weight excluding hydrogens is 444 g/mol. The molecule has 8 heteroatoms. The third kappa shape index (κ3) is 4.35. The lowest BCUT2D eigenvalue weighted by atomic mass is 9.79. The van der Waals surface area contributed by atoms with Crippen molar-refractivity contribution in [3.8, 4) is 22.4 Å². The molecule has 0 spiro atoms. The molecule has 7 nitrogen and oxygen atoms in total. The van der Waals surface area contributed by atoms with Crippen LogP contribution in [0.1, 0.15) is 40.5 Å². The molecule has 1 aliphatic rings. The summed E-state index contributed by atoms with van der Waals surface area (Å²) in [7, 11) is 2.12. The summed E-state index contributed by atoms with van der Waals surface area (Å²) in [5, 5.41) is 13.0. The SMILES string of the molecule is CN(c1ccc(-c2ccc(-c3ccc(=O)[nH]c3)c3ncsc23)nn1)C1CC(C)(C)NC(C)(C)C1. The van der Waals surface area contributed by atoms with Crippen molar-refractivity contribution in [3.63, 3.8) is 0 Å². The molecule has 0 unspecified atom stereocenters. The van der Waals surface area contributed by atoms with Gasteiger partial charge in [-0.3, -0.25) is 4.79 Å². The average Bonchev–Trinajstić information content (AvgIpc) is 3.27. The van der Waals surface area contributed by atoms with Gasteiger partial charge in [0.2, 0.25) is 5.56 Å². The van der Waals surface area contributed by atoms with Crippen LogP contribution in [-0.4, -0.2) is 44.3 Å². The number of aromatic nitrogens is 4. The zero-order valence-corrected chi connectivity index (χ0v) is 21.0. The summed E-state index contributed by atoms with van der Waals surface area (Å²) >= 11 is 1.59. The van der Waals surface area contributed by atoms with Gasteiger partial charge in [0.1, 0.15) is 0 Å². The number of nitrogens with zero attached hydrogens (tertiary/aromatic N) is 4. The molecule has 3 aromatic heterocycles. The second-order valence-electron chi connectivity index (χ2n) is 10.5. The van der Waals surface area contributed by atoms with E-state index in [1.807, 2.05) is 23.7 Å². The molecule has 0 aliphatic carbocycles. The highest BCUT2D eigenvalue weighted by molar-refractivity contribution is 7.17. The van der Waals surface area contributed by atoms with Crippen molar-refractivity contribution in [2.45, 2.75) is 57.7 Å². The Morgan fingerprint density at radius 3 is 2.35 bits per heavy atom. The maximum atomic E-state index is 11.5. The van der Waals surface area contributed by atoms with Crippen molar-refractivity contribution < 1.29 is 0 Å². The number of H-pyrrole nitrogens is 1. The van der Waals surface area contributed by atoms with Crippen LogP contribution in [0.2, 0.25) is 0 Å². The first-order valence-corrected chi connectivity index (χ1v) is 12.4. The van der Waals surface area contributed by atoms with Crippen molar-refractivity contribution in [1.82, 2.24) is 25.5 Å². The summed E-state index contributed by atoms with van der Waals surface area (Å²) in [6.07, 6.45) is 3.82. The Morgan fingerprint density at radius 2 is 1.71 bits per heavy atom. The lowest BCUT2D eigenvalue weighted by molar-refractivity contribution is 0.160. The van der Waals surface area contributed by atoms with Gasteiger partial charge in [-0.25, -0.2) is 4.98 Å². The molecule has 5 rings (SSSR count). The number of piperidine rings is 1. The summed E-state index contributed by atoms with van der Waals surface area (Å²) < 4.78 is 1.06. The number of aromatic amines is 1. The maximum Gasteiger partial charge on any atom is 0.247 e. The first-order chi connectivity index (χ1) is 16.1. The number of thiazole rings is 1. The van der Waals surface area contributed by atoms with Crippen molar-refractivity contribution >= 4 is 27.4 Å². The molecule has 1 aliphatic heterocycles. The van der Waals surface area contributed by atoms with Crippen molar-refractivity contribution in [1.29, 1.82) is 0 Å². The fourth-order valence-electron chi connectivity index (χ4n) is 5.35. The summed E-state index contributed by atoms with van der Waals surface area (Å²) in [6, 6.07) is 11.9. The van der Waals surface area contributed by atoms with E-state index >= 15 is 0 Å². The van der Waals surface area contributed by atoms with Crippen LogP contribution in [-0.2, 0) is 0 Å². The normalized spacial score (nSPS) is 17.7. The van der Waals surface area contributed by atoms with Gasteiger partial charge >= 0.3 is 0 Å². The number of benzene rings is 1. The van der Waals surface area contributed by atoms with Gasteiger partial charge < -0.3 is 15.2 Å². The molecule has 1 saturated heterocycles. The molecule has 34 heavy (non-hydrogen) atoms. The van der Waals surface area contributed by atoms with Gasteiger partial charge in [-0.2, -0.15) is 0 Å². The maximum absolute atomic E-state index is 11.5. The molecule has 1 aromatic carbocycles. The van der Waals surface area contributed by atoms with Crippen molar-refractivity contribution in [3.05, 3.63) is 58.5 Å². The van der Waals surface area contributed by atoms with E-state index < -0.39 is 0 Å². The molecule has 0 atom stereocenters. The molecule has 2 N–H and O–H groups in total. The third-order valence-corrected chi connectivity index (χ3v) is 7.44. The predicted molar refractivity (Wildman–Crippen MR) is 139 cm³/mol. The Morgan fingerprint density at radius 1 is 0.971 bits per heavy atom. The molecule has 4 aromatic rings. The Kier molecular flexibility index (Phi) is 5.53. The number of hydrogen-bond acceptors (Lipinski definition) is 7. The summed E-state index contributed by atoms with van der Waals surface area (Å²) in [6.45, 7) is 9.06. The lowest BCUT2D eigenvalue weighted by Gasteiger charge is -2.49. The molecular formula is C26H30N6OS. The Bertz CT molecular complexity index is 1350. The zero-order chi connectivity index (χ0) is 24.1. The highest BCUT2D eigenvalue weighted by atomic mass is 32.1. The van der Waals surface area contributed by atoms with Crippen LogP contribution < -0.4 is 15.8 Å². The average molecular weight is 475 g/mol. The van der Waals surface area contributed by atoms with E-state index in [1.54, 1.807) is 17.5 Å². The van der Waals surface area contributed by atoms with E-state index in [0.29, 0.717) is 6.04 Å². The highest BCUT2D eigenvalue weighted by Gasteiger charge is 2.39. The Hall–Kier alpha value is -3.10. The van der Waals surface area contributed by atoms with E-state index in [0.717, 1.165) is 51.3 Å². The van der Waals surface area contributed by atoms with Gasteiger partial charge in [0.05, 0.1) is 21.4 Å². The fourth-order valence-corrected chi connectivity index (χ4v) is 6.19. The summed E-state index contributed by atoms with van der Waals surface area (Å²) in [4.78, 5) is 21.1. The molecule has 176 valence electrons. The minimum Gasteiger partial charge on any atom is -0.355 e. The monoisotopic (exact) mass is 474 g/mol. The molecule has 0 saturated carbocycles. The number of rotatable bonds is 4. The van der Waals surface area contributed by atoms with Gasteiger partial charge in [0, 0.05) is 53.1 Å². The number of pyridine rings is 1. The highest BCUT2D eigenvalue weighted by Crippen LogP contribution is 2.37. The Balaban J connectivity index is 1.44. The van der Waals surface area contributed by atoms with Crippen LogP contribution in [0.25, 0.3) is 32.6 Å². The van der Waals surface area contributed by atoms with Crippen LogP contribution in [0.3, 0.4) is 0 Å². The Labute approximate surface area is 203 Å². The zero-order valence-electron chi connectivity index (χ0n) is 20.2. The minimum absolute atomic E-state index is 0.0688. The van der Waals surface area contributed by atoms with Crippen molar-refractivity contribution in [2.24, 2.45) is 0 Å². The molecule has 0 bridgehead atoms. The second kappa shape index (κ2) is 8.29. The first-order valence-electron chi connectivity index (χ1n) is 11.5. The predicted octanol–water partition coefficient (Wildman–Crippen LogP) is 4.85. The molecule has 0 amide bonds. The minimum atomic E-state index is -0.119. The van der Waals surface area contributed by atoms with Gasteiger partial charge in [0.25, 0.3) is 0 Å². The van der Waals surface area contributed by atoms with Crippen LogP contribution in [0.5, 0.6) is 0 Å². The largest absolute Gasteiger partial charge is 0.355 e. The molecule has 1 fully saturated rings. The van der Waals surface area contributed by atoms with Gasteiger partial charge in [-0.1, -0.05) is 12.1 Å². The first kappa shape index (κ1) is 22.7. The van der Waals surface area contributed by atoms with E-state index in [9.17, 15) is 4.79 Å². The van der Waals surface area contributed by atoms with Gasteiger partial charge in [-0.15, -0.1) is 21.5 Å². The van der Waals surface area contributed by atoms with E-state index in [-0.39, 0.29) is 16.6 Å². The summed E-state index contributed by atoms with van der Waals surface area (Å²) in [5.41, 5.74) is 6.51. The lowest BCUT2D eigenvalue weighted by Crippen LogP contribution is -2.62. The number of fused-ring (bicyclic) bond motifs is 1. The fraction of sp³-hybridized carbons (Fsp3) is 0.385. The number of nitrogens with one attached hydrogen (secondary N) is 2. The van der Waals surface area contributed by atoms with E-state index in [2.05, 4.69) is 77.3 Å². The van der Waals surface area contributed by atoms with Gasteiger partial charge in [-0.05, 0) is 58.7 Å². The smallest absolute Gasteiger partial charge is 0.247 e. The number of hydrogen-bond donors (Lipinski definition) is 2. The van der Waals surface area contributed by atoms with Crippen LogP contribution in [0.4, 0.5) is 5.82 Å².